The highest BCUT2D eigenvalue weighted by molar-refractivity contribution is 5.40. The van der Waals surface area contributed by atoms with Crippen molar-refractivity contribution in [2.24, 2.45) is 0 Å². The molecule has 3 nitrogen and oxygen atoms in total. The smallest absolute Gasteiger partial charge is 0.161 e. The molecule has 3 heteroatoms. The highest BCUT2D eigenvalue weighted by Crippen LogP contribution is 2.30. The van der Waals surface area contributed by atoms with Crippen LogP contribution in [0.3, 0.4) is 0 Å². The lowest BCUT2D eigenvalue weighted by molar-refractivity contribution is 0.0919. The minimum Gasteiger partial charge on any atom is -0.486 e. The number of nitrogens with one attached hydrogen (secondary N) is 1. The third-order valence-electron chi connectivity index (χ3n) is 2.00. The first kappa shape index (κ1) is 8.38. The van der Waals surface area contributed by atoms with Crippen LogP contribution in [0.1, 0.15) is 0 Å². The van der Waals surface area contributed by atoms with E-state index in [0.717, 1.165) is 18.0 Å². The maximum absolute atomic E-state index is 5.68. The maximum atomic E-state index is 5.68. The minimum atomic E-state index is 0.125. The van der Waals surface area contributed by atoms with Crippen molar-refractivity contribution in [1.29, 1.82) is 0 Å². The molecule has 0 fully saturated rings. The summed E-state index contributed by atoms with van der Waals surface area (Å²) >= 11 is 0. The van der Waals surface area contributed by atoms with Crippen LogP contribution in [0, 0.1) is 0 Å². The molecule has 0 aliphatic carbocycles. The average molecular weight is 179 g/mol. The molecule has 13 heavy (non-hydrogen) atoms. The van der Waals surface area contributed by atoms with Gasteiger partial charge in [-0.15, -0.1) is 0 Å². The molecule has 0 aromatic heterocycles. The highest BCUT2D eigenvalue weighted by Gasteiger charge is 2.19. The van der Waals surface area contributed by atoms with Gasteiger partial charge in [0.25, 0.3) is 0 Å². The number of ether oxygens (including phenoxy) is 2. The number of hydrogen-bond acceptors (Lipinski definition) is 3. The zero-order chi connectivity index (χ0) is 9.10. The van der Waals surface area contributed by atoms with Crippen molar-refractivity contribution in [2.45, 2.75) is 6.10 Å². The Morgan fingerprint density at radius 3 is 2.92 bits per heavy atom. The van der Waals surface area contributed by atoms with Crippen LogP contribution < -0.4 is 14.8 Å². The highest BCUT2D eigenvalue weighted by atomic mass is 16.6. The fraction of sp³-hybridized carbons (Fsp3) is 0.400. The zero-order valence-corrected chi connectivity index (χ0v) is 7.62. The van der Waals surface area contributed by atoms with Crippen LogP contribution in [0.25, 0.3) is 0 Å². The van der Waals surface area contributed by atoms with Gasteiger partial charge in [0.1, 0.15) is 12.7 Å². The largest absolute Gasteiger partial charge is 0.486 e. The van der Waals surface area contributed by atoms with Gasteiger partial charge in [0.15, 0.2) is 11.5 Å². The first-order chi connectivity index (χ1) is 6.40. The topological polar surface area (TPSA) is 30.5 Å². The van der Waals surface area contributed by atoms with Gasteiger partial charge in [0, 0.05) is 6.54 Å². The summed E-state index contributed by atoms with van der Waals surface area (Å²) in [6.07, 6.45) is 0.125. The molecule has 1 aliphatic rings. The number of benzene rings is 1. The van der Waals surface area contributed by atoms with Crippen molar-refractivity contribution in [3.63, 3.8) is 0 Å². The van der Waals surface area contributed by atoms with E-state index >= 15 is 0 Å². The molecule has 1 aliphatic heterocycles. The predicted octanol–water partition coefficient (Wildman–Crippen LogP) is 1.05. The van der Waals surface area contributed by atoms with Gasteiger partial charge < -0.3 is 14.8 Å². The lowest BCUT2D eigenvalue weighted by Gasteiger charge is -2.26. The summed E-state index contributed by atoms with van der Waals surface area (Å²) in [6, 6.07) is 7.74. The van der Waals surface area contributed by atoms with Crippen molar-refractivity contribution < 1.29 is 9.47 Å². The quantitative estimate of drug-likeness (QED) is 0.736. The molecule has 2 rings (SSSR count). The fourth-order valence-electron chi connectivity index (χ4n) is 1.39. The first-order valence-electron chi connectivity index (χ1n) is 4.43. The second-order valence-corrected chi connectivity index (χ2v) is 3.06. The fourth-order valence-corrected chi connectivity index (χ4v) is 1.39. The molecule has 1 aromatic rings. The van der Waals surface area contributed by atoms with Crippen LogP contribution in [-0.2, 0) is 0 Å². The number of para-hydroxylation sites is 2. The number of hydrogen-bond donors (Lipinski definition) is 1. The molecule has 0 bridgehead atoms. The van der Waals surface area contributed by atoms with E-state index in [4.69, 9.17) is 9.47 Å². The Morgan fingerprint density at radius 1 is 1.38 bits per heavy atom. The van der Waals surface area contributed by atoms with Crippen molar-refractivity contribution in [1.82, 2.24) is 5.32 Å². The Labute approximate surface area is 77.7 Å². The Hall–Kier alpha value is -1.22. The normalized spacial score (nSPS) is 19.9. The van der Waals surface area contributed by atoms with E-state index < -0.39 is 0 Å². The number of likely N-dealkylation sites (N-methyl/N-ethyl adjacent to an activating group) is 1. The van der Waals surface area contributed by atoms with Gasteiger partial charge in [-0.05, 0) is 19.2 Å². The Kier molecular flexibility index (Phi) is 2.36. The molecule has 1 atom stereocenters. The molecule has 1 N–H and O–H groups in total. The van der Waals surface area contributed by atoms with Gasteiger partial charge in [-0.1, -0.05) is 12.1 Å². The summed E-state index contributed by atoms with van der Waals surface area (Å²) in [7, 11) is 1.91. The van der Waals surface area contributed by atoms with Crippen molar-refractivity contribution in [2.75, 3.05) is 20.2 Å². The number of fused-ring (bicyclic) bond motifs is 1. The van der Waals surface area contributed by atoms with Gasteiger partial charge in [-0.25, -0.2) is 0 Å². The molecule has 1 aromatic carbocycles. The summed E-state index contributed by atoms with van der Waals surface area (Å²) in [4.78, 5) is 0. The summed E-state index contributed by atoms with van der Waals surface area (Å²) in [5, 5.41) is 3.06. The maximum Gasteiger partial charge on any atom is 0.161 e. The lowest BCUT2D eigenvalue weighted by Crippen LogP contribution is -2.37. The van der Waals surface area contributed by atoms with Gasteiger partial charge >= 0.3 is 0 Å². The SMILES string of the molecule is CNC[C@H]1COc2ccccc2O1. The zero-order valence-electron chi connectivity index (χ0n) is 7.62. The van der Waals surface area contributed by atoms with Crippen molar-refractivity contribution >= 4 is 0 Å². The van der Waals surface area contributed by atoms with E-state index in [1.165, 1.54) is 0 Å². The standard InChI is InChI=1S/C10H13NO2/c1-11-6-8-7-12-9-4-2-3-5-10(9)13-8/h2-5,8,11H,6-7H2,1H3/t8-/m0/s1. The van der Waals surface area contributed by atoms with Crippen LogP contribution in [0.5, 0.6) is 11.5 Å². The number of rotatable bonds is 2. The second kappa shape index (κ2) is 3.66. The summed E-state index contributed by atoms with van der Waals surface area (Å²) < 4.78 is 11.2. The van der Waals surface area contributed by atoms with Crippen LogP contribution in [0.15, 0.2) is 24.3 Å². The Balaban J connectivity index is 2.11. The Morgan fingerprint density at radius 2 is 2.15 bits per heavy atom. The molecule has 70 valence electrons. The minimum absolute atomic E-state index is 0.125. The molecule has 0 saturated carbocycles. The van der Waals surface area contributed by atoms with Crippen LogP contribution in [-0.4, -0.2) is 26.3 Å². The van der Waals surface area contributed by atoms with Gasteiger partial charge in [-0.2, -0.15) is 0 Å². The van der Waals surface area contributed by atoms with E-state index in [1.807, 2.05) is 31.3 Å². The third-order valence-corrected chi connectivity index (χ3v) is 2.00. The van der Waals surface area contributed by atoms with E-state index in [9.17, 15) is 0 Å². The molecule has 0 saturated heterocycles. The molecule has 0 amide bonds. The Bertz CT molecular complexity index is 288. The predicted molar refractivity (Wildman–Crippen MR) is 50.3 cm³/mol. The molecule has 1 heterocycles. The van der Waals surface area contributed by atoms with E-state index in [-0.39, 0.29) is 6.10 Å². The van der Waals surface area contributed by atoms with Crippen LogP contribution >= 0.6 is 0 Å². The van der Waals surface area contributed by atoms with Gasteiger partial charge in [0.05, 0.1) is 0 Å². The van der Waals surface area contributed by atoms with Gasteiger partial charge in [-0.3, -0.25) is 0 Å². The lowest BCUT2D eigenvalue weighted by atomic mass is 10.2. The summed E-state index contributed by atoms with van der Waals surface area (Å²) in [5.74, 6) is 1.68. The third kappa shape index (κ3) is 1.75. The molecule has 0 unspecified atom stereocenters. The molecule has 0 spiro atoms. The second-order valence-electron chi connectivity index (χ2n) is 3.06. The summed E-state index contributed by atoms with van der Waals surface area (Å²) in [6.45, 7) is 1.44. The summed E-state index contributed by atoms with van der Waals surface area (Å²) in [5.41, 5.74) is 0. The van der Waals surface area contributed by atoms with E-state index in [1.54, 1.807) is 0 Å². The van der Waals surface area contributed by atoms with Crippen LogP contribution in [0.2, 0.25) is 0 Å². The molecular weight excluding hydrogens is 166 g/mol. The van der Waals surface area contributed by atoms with Crippen molar-refractivity contribution in [3.8, 4) is 11.5 Å². The van der Waals surface area contributed by atoms with Gasteiger partial charge in [0.2, 0.25) is 0 Å². The van der Waals surface area contributed by atoms with Crippen molar-refractivity contribution in [3.05, 3.63) is 24.3 Å². The van der Waals surface area contributed by atoms with Crippen LogP contribution in [0.4, 0.5) is 0 Å². The average Bonchev–Trinajstić information content (AvgIpc) is 2.18. The monoisotopic (exact) mass is 179 g/mol. The molecular formula is C10H13NO2. The van der Waals surface area contributed by atoms with E-state index in [0.29, 0.717) is 6.61 Å². The first-order valence-corrected chi connectivity index (χ1v) is 4.43. The molecule has 0 radical (unpaired) electrons. The van der Waals surface area contributed by atoms with E-state index in [2.05, 4.69) is 5.32 Å².